The first-order valence-electron chi connectivity index (χ1n) is 9.30. The van der Waals surface area contributed by atoms with Crippen LogP contribution >= 0.6 is 11.8 Å². The molecule has 0 saturated heterocycles. The molecular formula is C23H22N2O3S. The van der Waals surface area contributed by atoms with Crippen LogP contribution < -0.4 is 5.32 Å². The molecule has 0 aliphatic carbocycles. The molecule has 0 bridgehead atoms. The smallest absolute Gasteiger partial charge is 0.269 e. The van der Waals surface area contributed by atoms with Crippen molar-refractivity contribution >= 4 is 23.4 Å². The van der Waals surface area contributed by atoms with Crippen LogP contribution in [0.3, 0.4) is 0 Å². The van der Waals surface area contributed by atoms with Gasteiger partial charge in [-0.2, -0.15) is 0 Å². The number of non-ortho nitro benzene ring substituents is 1. The van der Waals surface area contributed by atoms with Crippen molar-refractivity contribution in [3.63, 3.8) is 0 Å². The Morgan fingerprint density at radius 1 is 0.931 bits per heavy atom. The Labute approximate surface area is 174 Å². The van der Waals surface area contributed by atoms with Crippen molar-refractivity contribution in [1.29, 1.82) is 0 Å². The summed E-state index contributed by atoms with van der Waals surface area (Å²) in [5, 5.41) is 14.1. The number of nitro groups is 1. The topological polar surface area (TPSA) is 72.2 Å². The number of amides is 1. The van der Waals surface area contributed by atoms with E-state index in [2.05, 4.69) is 5.32 Å². The van der Waals surface area contributed by atoms with E-state index in [-0.39, 0.29) is 28.6 Å². The second-order valence-corrected chi connectivity index (χ2v) is 7.96. The Hall–Kier alpha value is -3.12. The molecule has 148 valence electrons. The number of nitrogens with zero attached hydrogens (tertiary/aromatic N) is 1. The van der Waals surface area contributed by atoms with Gasteiger partial charge in [0, 0.05) is 17.4 Å². The van der Waals surface area contributed by atoms with Crippen LogP contribution in [0.1, 0.15) is 34.9 Å². The molecule has 3 rings (SSSR count). The van der Waals surface area contributed by atoms with E-state index in [4.69, 9.17) is 0 Å². The first kappa shape index (κ1) is 20.6. The van der Waals surface area contributed by atoms with E-state index in [9.17, 15) is 14.9 Å². The number of benzene rings is 3. The van der Waals surface area contributed by atoms with Crippen molar-refractivity contribution in [3.8, 4) is 0 Å². The molecule has 1 amide bonds. The normalized spacial score (nSPS) is 11.8. The monoisotopic (exact) mass is 406 g/mol. The lowest BCUT2D eigenvalue weighted by atomic mass is 9.99. The van der Waals surface area contributed by atoms with Crippen LogP contribution in [0.2, 0.25) is 0 Å². The summed E-state index contributed by atoms with van der Waals surface area (Å²) in [6.07, 6.45) is 0. The lowest BCUT2D eigenvalue weighted by Crippen LogP contribution is -2.30. The van der Waals surface area contributed by atoms with Gasteiger partial charge < -0.3 is 5.32 Å². The maximum atomic E-state index is 12.7. The van der Waals surface area contributed by atoms with Crippen LogP contribution in [-0.2, 0) is 4.79 Å². The van der Waals surface area contributed by atoms with E-state index in [0.717, 1.165) is 16.7 Å². The van der Waals surface area contributed by atoms with Gasteiger partial charge in [-0.25, -0.2) is 0 Å². The van der Waals surface area contributed by atoms with Crippen molar-refractivity contribution < 1.29 is 9.72 Å². The van der Waals surface area contributed by atoms with Crippen LogP contribution in [0, 0.1) is 10.1 Å². The van der Waals surface area contributed by atoms with E-state index in [1.165, 1.54) is 17.8 Å². The number of nitro benzene ring substituents is 1. The molecule has 0 heterocycles. The molecule has 0 aliphatic rings. The highest BCUT2D eigenvalue weighted by atomic mass is 32.2. The predicted octanol–water partition coefficient (Wildman–Crippen LogP) is 5.29. The molecule has 0 saturated carbocycles. The minimum atomic E-state index is -0.405. The molecule has 0 spiro atoms. The van der Waals surface area contributed by atoms with Crippen LogP contribution in [0.15, 0.2) is 84.9 Å². The van der Waals surface area contributed by atoms with Gasteiger partial charge in [0.25, 0.3) is 5.69 Å². The van der Waals surface area contributed by atoms with Gasteiger partial charge in [-0.1, -0.05) is 72.8 Å². The Morgan fingerprint density at radius 2 is 1.48 bits per heavy atom. The maximum absolute atomic E-state index is 12.7. The summed E-state index contributed by atoms with van der Waals surface area (Å²) < 4.78 is 0. The van der Waals surface area contributed by atoms with Crippen molar-refractivity contribution in [1.82, 2.24) is 5.32 Å². The molecule has 3 aromatic carbocycles. The van der Waals surface area contributed by atoms with Crippen LogP contribution in [0.25, 0.3) is 0 Å². The summed E-state index contributed by atoms with van der Waals surface area (Å²) in [5.41, 5.74) is 2.93. The third-order valence-electron chi connectivity index (χ3n) is 4.59. The molecule has 6 heteroatoms. The maximum Gasteiger partial charge on any atom is 0.269 e. The average Bonchev–Trinajstić information content (AvgIpc) is 2.77. The summed E-state index contributed by atoms with van der Waals surface area (Å²) in [7, 11) is 0. The second kappa shape index (κ2) is 9.89. The molecule has 1 atom stereocenters. The fraction of sp³-hybridized carbons (Fsp3) is 0.174. The third kappa shape index (κ3) is 5.68. The molecule has 0 fully saturated rings. The molecule has 0 radical (unpaired) electrons. The van der Waals surface area contributed by atoms with E-state index in [1.807, 2.05) is 73.7 Å². The zero-order valence-electron chi connectivity index (χ0n) is 16.0. The molecule has 0 aliphatic heterocycles. The molecule has 1 N–H and O–H groups in total. The summed E-state index contributed by atoms with van der Waals surface area (Å²) in [6, 6.07) is 26.0. The Bertz CT molecular complexity index is 925. The van der Waals surface area contributed by atoms with Gasteiger partial charge >= 0.3 is 0 Å². The predicted molar refractivity (Wildman–Crippen MR) is 117 cm³/mol. The fourth-order valence-corrected chi connectivity index (χ4v) is 3.86. The molecule has 29 heavy (non-hydrogen) atoms. The van der Waals surface area contributed by atoms with Crippen LogP contribution in [0.4, 0.5) is 5.69 Å². The van der Waals surface area contributed by atoms with Gasteiger partial charge in [0.2, 0.25) is 5.91 Å². The third-order valence-corrected chi connectivity index (χ3v) is 5.79. The fourth-order valence-electron chi connectivity index (χ4n) is 3.04. The number of carbonyl (C=O) groups is 1. The van der Waals surface area contributed by atoms with E-state index < -0.39 is 4.92 Å². The number of hydrogen-bond acceptors (Lipinski definition) is 4. The Morgan fingerprint density at radius 3 is 2.03 bits per heavy atom. The van der Waals surface area contributed by atoms with Crippen molar-refractivity contribution in [2.24, 2.45) is 0 Å². The van der Waals surface area contributed by atoms with Gasteiger partial charge in [0.1, 0.15) is 0 Å². The van der Waals surface area contributed by atoms with E-state index >= 15 is 0 Å². The number of hydrogen-bond donors (Lipinski definition) is 1. The lowest BCUT2D eigenvalue weighted by molar-refractivity contribution is -0.384. The van der Waals surface area contributed by atoms with E-state index in [0.29, 0.717) is 0 Å². The van der Waals surface area contributed by atoms with Gasteiger partial charge in [-0.15, -0.1) is 11.8 Å². The number of rotatable bonds is 8. The summed E-state index contributed by atoms with van der Waals surface area (Å²) in [5.74, 6) is 0.185. The summed E-state index contributed by atoms with van der Waals surface area (Å²) in [6.45, 7) is 1.95. The molecule has 5 nitrogen and oxygen atoms in total. The van der Waals surface area contributed by atoms with Gasteiger partial charge in [-0.3, -0.25) is 14.9 Å². The number of carbonyl (C=O) groups excluding carboxylic acids is 1. The zero-order valence-corrected chi connectivity index (χ0v) is 16.8. The minimum Gasteiger partial charge on any atom is -0.344 e. The highest BCUT2D eigenvalue weighted by molar-refractivity contribution is 8.00. The average molecular weight is 407 g/mol. The van der Waals surface area contributed by atoms with Crippen molar-refractivity contribution in [3.05, 3.63) is 112 Å². The van der Waals surface area contributed by atoms with Gasteiger partial charge in [-0.05, 0) is 23.6 Å². The molecule has 3 aromatic rings. The standard InChI is InChI=1S/C23H22N2O3S/c1-17(20-13-8-14-21(15-20)25(27)28)29-16-22(26)24-23(18-9-4-2-5-10-18)19-11-6-3-7-12-19/h2-15,17,23H,16H2,1H3,(H,24,26)/t17-/m1/s1. The second-order valence-electron chi connectivity index (χ2n) is 6.63. The SMILES string of the molecule is C[C@@H](SCC(=O)NC(c1ccccc1)c1ccccc1)c1cccc([N+](=O)[O-])c1. The van der Waals surface area contributed by atoms with Crippen molar-refractivity contribution in [2.75, 3.05) is 5.75 Å². The largest absolute Gasteiger partial charge is 0.344 e. The van der Waals surface area contributed by atoms with Crippen LogP contribution in [0.5, 0.6) is 0 Å². The summed E-state index contributed by atoms with van der Waals surface area (Å²) >= 11 is 1.46. The van der Waals surface area contributed by atoms with E-state index in [1.54, 1.807) is 12.1 Å². The number of thioether (sulfide) groups is 1. The first-order valence-corrected chi connectivity index (χ1v) is 10.3. The van der Waals surface area contributed by atoms with Crippen molar-refractivity contribution in [2.45, 2.75) is 18.2 Å². The highest BCUT2D eigenvalue weighted by Gasteiger charge is 2.18. The lowest BCUT2D eigenvalue weighted by Gasteiger charge is -2.20. The van der Waals surface area contributed by atoms with Gasteiger partial charge in [0.15, 0.2) is 0 Å². The Kier molecular flexibility index (Phi) is 7.03. The quantitative estimate of drug-likeness (QED) is 0.407. The summed E-state index contributed by atoms with van der Waals surface area (Å²) in [4.78, 5) is 23.2. The van der Waals surface area contributed by atoms with Crippen LogP contribution in [-0.4, -0.2) is 16.6 Å². The highest BCUT2D eigenvalue weighted by Crippen LogP contribution is 2.30. The minimum absolute atomic E-state index is 0.0347. The molecule has 0 aromatic heterocycles. The Balaban J connectivity index is 1.66. The molecule has 0 unspecified atom stereocenters. The van der Waals surface area contributed by atoms with Gasteiger partial charge in [0.05, 0.1) is 16.7 Å². The molecular weight excluding hydrogens is 384 g/mol. The number of nitrogens with one attached hydrogen (secondary N) is 1. The first-order chi connectivity index (χ1) is 14.0. The zero-order chi connectivity index (χ0) is 20.6.